The quantitative estimate of drug-likeness (QED) is 0.680. The summed E-state index contributed by atoms with van der Waals surface area (Å²) in [4.78, 5) is 37.6. The molecule has 1 aromatic rings. The molecule has 3 amide bonds. The van der Waals surface area contributed by atoms with Gasteiger partial charge in [-0.05, 0) is 37.0 Å². The lowest BCUT2D eigenvalue weighted by Crippen LogP contribution is -2.47. The Labute approximate surface area is 160 Å². The minimum Gasteiger partial charge on any atom is -0.465 e. The van der Waals surface area contributed by atoms with Gasteiger partial charge in [-0.15, -0.1) is 0 Å². The van der Waals surface area contributed by atoms with Crippen molar-refractivity contribution >= 4 is 23.8 Å². The van der Waals surface area contributed by atoms with E-state index in [1.165, 1.54) is 12.3 Å². The fraction of sp³-hybridized carbons (Fsp3) is 0.550. The van der Waals surface area contributed by atoms with Gasteiger partial charge in [0.15, 0.2) is 0 Å². The molecule has 1 aliphatic rings. The topological polar surface area (TPSA) is 91.7 Å². The Morgan fingerprint density at radius 1 is 1.30 bits per heavy atom. The number of piperidine rings is 1. The van der Waals surface area contributed by atoms with Gasteiger partial charge in [0.25, 0.3) is 0 Å². The summed E-state index contributed by atoms with van der Waals surface area (Å²) in [6.45, 7) is 5.72. The summed E-state index contributed by atoms with van der Waals surface area (Å²) in [7, 11) is 0. The fourth-order valence-electron chi connectivity index (χ4n) is 2.95. The molecule has 1 fully saturated rings. The highest BCUT2D eigenvalue weighted by atomic mass is 16.3. The van der Waals surface area contributed by atoms with Crippen LogP contribution in [0.5, 0.6) is 0 Å². The average molecular weight is 375 g/mol. The van der Waals surface area contributed by atoms with E-state index in [1.807, 2.05) is 18.7 Å². The van der Waals surface area contributed by atoms with Crippen molar-refractivity contribution in [2.24, 2.45) is 5.92 Å². The van der Waals surface area contributed by atoms with Gasteiger partial charge in [0.1, 0.15) is 5.76 Å². The predicted octanol–water partition coefficient (Wildman–Crippen LogP) is 1.95. The number of hydrogen-bond donors (Lipinski definition) is 2. The van der Waals surface area contributed by atoms with Crippen LogP contribution in [0.4, 0.5) is 0 Å². The number of carbonyl (C=O) groups is 3. The maximum atomic E-state index is 12.1. The second-order valence-corrected chi connectivity index (χ2v) is 7.21. The van der Waals surface area contributed by atoms with Gasteiger partial charge < -0.3 is 20.0 Å². The first-order chi connectivity index (χ1) is 12.9. The van der Waals surface area contributed by atoms with Crippen molar-refractivity contribution in [3.05, 3.63) is 30.2 Å². The van der Waals surface area contributed by atoms with E-state index in [1.54, 1.807) is 18.2 Å². The number of nitrogens with one attached hydrogen (secondary N) is 2. The van der Waals surface area contributed by atoms with Gasteiger partial charge in [-0.1, -0.05) is 13.8 Å². The van der Waals surface area contributed by atoms with Crippen LogP contribution in [0.3, 0.4) is 0 Å². The van der Waals surface area contributed by atoms with E-state index >= 15 is 0 Å². The molecule has 1 aromatic heterocycles. The van der Waals surface area contributed by atoms with Crippen LogP contribution in [0, 0.1) is 5.92 Å². The van der Waals surface area contributed by atoms with Crippen molar-refractivity contribution in [2.45, 2.75) is 45.6 Å². The van der Waals surface area contributed by atoms with Crippen LogP contribution in [-0.2, 0) is 14.4 Å². The van der Waals surface area contributed by atoms with Crippen LogP contribution >= 0.6 is 0 Å². The SMILES string of the molecule is CC(C)CC(=O)N1CCC(NC(=O)CCNC(=O)/C=C/c2ccco2)CC1. The summed E-state index contributed by atoms with van der Waals surface area (Å²) in [5, 5.41) is 5.66. The van der Waals surface area contributed by atoms with Gasteiger partial charge in [-0.2, -0.15) is 0 Å². The van der Waals surface area contributed by atoms with Gasteiger partial charge in [0.05, 0.1) is 6.26 Å². The predicted molar refractivity (Wildman–Crippen MR) is 103 cm³/mol. The normalized spacial score (nSPS) is 15.3. The molecule has 0 radical (unpaired) electrons. The molecule has 0 aliphatic carbocycles. The number of amides is 3. The van der Waals surface area contributed by atoms with E-state index in [-0.39, 0.29) is 36.7 Å². The first-order valence-electron chi connectivity index (χ1n) is 9.50. The molecular formula is C20H29N3O4. The van der Waals surface area contributed by atoms with E-state index in [2.05, 4.69) is 10.6 Å². The molecule has 1 aliphatic heterocycles. The van der Waals surface area contributed by atoms with Gasteiger partial charge >= 0.3 is 0 Å². The van der Waals surface area contributed by atoms with Crippen LogP contribution in [0.2, 0.25) is 0 Å². The molecule has 148 valence electrons. The fourth-order valence-corrected chi connectivity index (χ4v) is 2.95. The first kappa shape index (κ1) is 20.7. The maximum Gasteiger partial charge on any atom is 0.244 e. The van der Waals surface area contributed by atoms with E-state index in [0.29, 0.717) is 31.2 Å². The largest absolute Gasteiger partial charge is 0.465 e. The monoisotopic (exact) mass is 375 g/mol. The number of rotatable bonds is 8. The zero-order valence-corrected chi connectivity index (χ0v) is 16.1. The van der Waals surface area contributed by atoms with Crippen molar-refractivity contribution in [1.82, 2.24) is 15.5 Å². The average Bonchev–Trinajstić information content (AvgIpc) is 3.13. The highest BCUT2D eigenvalue weighted by molar-refractivity contribution is 5.91. The third-order valence-corrected chi connectivity index (χ3v) is 4.39. The lowest BCUT2D eigenvalue weighted by atomic mass is 10.0. The second kappa shape index (κ2) is 10.5. The van der Waals surface area contributed by atoms with Crippen molar-refractivity contribution < 1.29 is 18.8 Å². The zero-order chi connectivity index (χ0) is 19.6. The second-order valence-electron chi connectivity index (χ2n) is 7.21. The minimum absolute atomic E-state index is 0.0859. The molecule has 0 bridgehead atoms. The maximum absolute atomic E-state index is 12.1. The van der Waals surface area contributed by atoms with Crippen molar-refractivity contribution in [2.75, 3.05) is 19.6 Å². The Morgan fingerprint density at radius 2 is 2.04 bits per heavy atom. The third-order valence-electron chi connectivity index (χ3n) is 4.39. The van der Waals surface area contributed by atoms with E-state index in [4.69, 9.17) is 4.42 Å². The van der Waals surface area contributed by atoms with Crippen LogP contribution in [0.1, 0.15) is 45.3 Å². The summed E-state index contributed by atoms with van der Waals surface area (Å²) < 4.78 is 5.10. The third kappa shape index (κ3) is 7.68. The molecule has 0 unspecified atom stereocenters. The number of likely N-dealkylation sites (tertiary alicyclic amines) is 1. The molecule has 0 spiro atoms. The summed E-state index contributed by atoms with van der Waals surface area (Å²) in [5.74, 6) is 0.800. The molecule has 7 heteroatoms. The van der Waals surface area contributed by atoms with Gasteiger partial charge in [-0.25, -0.2) is 0 Å². The van der Waals surface area contributed by atoms with Crippen LogP contribution < -0.4 is 10.6 Å². The molecule has 0 atom stereocenters. The van der Waals surface area contributed by atoms with E-state index < -0.39 is 0 Å². The minimum atomic E-state index is -0.267. The van der Waals surface area contributed by atoms with Crippen LogP contribution in [0.25, 0.3) is 6.08 Å². The highest BCUT2D eigenvalue weighted by Crippen LogP contribution is 2.13. The molecule has 2 N–H and O–H groups in total. The van der Waals surface area contributed by atoms with E-state index in [0.717, 1.165) is 12.8 Å². The standard InChI is InChI=1S/C20H29N3O4/c1-15(2)14-20(26)23-11-8-16(9-12-23)22-19(25)7-10-21-18(24)6-5-17-4-3-13-27-17/h3-6,13,15-16H,7-12,14H2,1-2H3,(H,21,24)(H,22,25)/b6-5+. The van der Waals surface area contributed by atoms with Crippen molar-refractivity contribution in [3.8, 4) is 0 Å². The number of nitrogens with zero attached hydrogens (tertiary/aromatic N) is 1. The lowest BCUT2D eigenvalue weighted by molar-refractivity contribution is -0.133. The Bertz CT molecular complexity index is 644. The van der Waals surface area contributed by atoms with Crippen molar-refractivity contribution in [1.29, 1.82) is 0 Å². The molecule has 27 heavy (non-hydrogen) atoms. The van der Waals surface area contributed by atoms with Crippen molar-refractivity contribution in [3.63, 3.8) is 0 Å². The molecule has 2 rings (SSSR count). The number of hydrogen-bond acceptors (Lipinski definition) is 4. The highest BCUT2D eigenvalue weighted by Gasteiger charge is 2.23. The molecular weight excluding hydrogens is 346 g/mol. The Kier molecular flexibility index (Phi) is 8.10. The van der Waals surface area contributed by atoms with Gasteiger partial charge in [-0.3, -0.25) is 14.4 Å². The Balaban J connectivity index is 1.59. The number of furan rings is 1. The summed E-state index contributed by atoms with van der Waals surface area (Å²) in [6.07, 6.45) is 6.83. The molecule has 2 heterocycles. The summed E-state index contributed by atoms with van der Waals surface area (Å²) in [5.41, 5.74) is 0. The molecule has 7 nitrogen and oxygen atoms in total. The zero-order valence-electron chi connectivity index (χ0n) is 16.1. The Hall–Kier alpha value is -2.57. The van der Waals surface area contributed by atoms with Gasteiger partial charge in [0, 0.05) is 44.6 Å². The molecule has 0 saturated carbocycles. The van der Waals surface area contributed by atoms with E-state index in [9.17, 15) is 14.4 Å². The van der Waals surface area contributed by atoms with Gasteiger partial charge in [0.2, 0.25) is 17.7 Å². The Morgan fingerprint density at radius 3 is 2.67 bits per heavy atom. The number of carbonyl (C=O) groups excluding carboxylic acids is 3. The summed E-state index contributed by atoms with van der Waals surface area (Å²) in [6, 6.07) is 3.58. The smallest absolute Gasteiger partial charge is 0.244 e. The van der Waals surface area contributed by atoms with Crippen LogP contribution in [0.15, 0.2) is 28.9 Å². The summed E-state index contributed by atoms with van der Waals surface area (Å²) >= 11 is 0. The molecule has 1 saturated heterocycles. The first-order valence-corrected chi connectivity index (χ1v) is 9.50. The molecule has 0 aromatic carbocycles. The van der Waals surface area contributed by atoms with Crippen LogP contribution in [-0.4, -0.2) is 48.3 Å². The lowest BCUT2D eigenvalue weighted by Gasteiger charge is -2.32.